The van der Waals surface area contributed by atoms with Gasteiger partial charge >= 0.3 is 0 Å². The van der Waals surface area contributed by atoms with Crippen LogP contribution in [0, 0.1) is 17.3 Å². The van der Waals surface area contributed by atoms with Crippen LogP contribution in [0.1, 0.15) is 38.5 Å². The van der Waals surface area contributed by atoms with Crippen LogP contribution in [0.2, 0.25) is 0 Å². The number of hydrogen-bond donors (Lipinski definition) is 1. The third-order valence-corrected chi connectivity index (χ3v) is 6.59. The predicted molar refractivity (Wildman–Crippen MR) is 73.4 cm³/mol. The van der Waals surface area contributed by atoms with Crippen LogP contribution in [-0.2, 0) is 0 Å². The van der Waals surface area contributed by atoms with Crippen LogP contribution in [0.5, 0.6) is 0 Å². The highest BCUT2D eigenvalue weighted by Gasteiger charge is 2.44. The average molecular weight is 302 g/mol. The van der Waals surface area contributed by atoms with Gasteiger partial charge in [-0.15, -0.1) is 0 Å². The molecular weight excluding hydrogens is 278 g/mol. The second kappa shape index (κ2) is 4.82. The van der Waals surface area contributed by atoms with E-state index in [9.17, 15) is 5.11 Å². The molecule has 0 radical (unpaired) electrons. The summed E-state index contributed by atoms with van der Waals surface area (Å²) in [5.74, 6) is 1.38. The molecule has 17 heavy (non-hydrogen) atoms. The molecule has 0 amide bonds. The van der Waals surface area contributed by atoms with Gasteiger partial charge in [-0.05, 0) is 37.0 Å². The monoisotopic (exact) mass is 301 g/mol. The van der Waals surface area contributed by atoms with Crippen LogP contribution in [0.3, 0.4) is 0 Å². The first-order chi connectivity index (χ1) is 8.22. The summed E-state index contributed by atoms with van der Waals surface area (Å²) in [7, 11) is 0. The number of aliphatic hydroxyl groups is 1. The molecule has 0 aromatic carbocycles. The van der Waals surface area contributed by atoms with Gasteiger partial charge in [-0.3, -0.25) is 0 Å². The molecule has 1 aliphatic heterocycles. The Bertz CT molecular complexity index is 277. The minimum absolute atomic E-state index is 0.00602. The van der Waals surface area contributed by atoms with E-state index in [0.717, 1.165) is 24.2 Å². The quantitative estimate of drug-likeness (QED) is 0.810. The summed E-state index contributed by atoms with van der Waals surface area (Å²) in [6.07, 6.45) is 7.91. The van der Waals surface area contributed by atoms with Crippen LogP contribution >= 0.6 is 15.9 Å². The topological polar surface area (TPSA) is 23.5 Å². The largest absolute Gasteiger partial charge is 0.393 e. The first-order valence-electron chi connectivity index (χ1n) is 7.19. The van der Waals surface area contributed by atoms with Gasteiger partial charge in [0.1, 0.15) is 0 Å². The van der Waals surface area contributed by atoms with Gasteiger partial charge in [0.2, 0.25) is 0 Å². The Morgan fingerprint density at radius 2 is 1.94 bits per heavy atom. The van der Waals surface area contributed by atoms with Gasteiger partial charge in [0.25, 0.3) is 0 Å². The van der Waals surface area contributed by atoms with E-state index in [0.29, 0.717) is 11.3 Å². The molecule has 3 heteroatoms. The molecule has 3 fully saturated rings. The second-order valence-corrected chi connectivity index (χ2v) is 7.16. The summed E-state index contributed by atoms with van der Waals surface area (Å²) in [5.41, 5.74) is 0.545. The number of nitrogens with zero attached hydrogens (tertiary/aromatic N) is 1. The number of aliphatic hydroxyl groups excluding tert-OH is 1. The Labute approximate surface area is 113 Å². The summed E-state index contributed by atoms with van der Waals surface area (Å²) in [4.78, 5) is 2.64. The molecule has 1 N–H and O–H groups in total. The zero-order valence-corrected chi connectivity index (χ0v) is 12.2. The van der Waals surface area contributed by atoms with Crippen molar-refractivity contribution in [3.8, 4) is 0 Å². The molecule has 3 aliphatic rings. The normalized spacial score (nSPS) is 40.9. The molecule has 1 heterocycles. The van der Waals surface area contributed by atoms with Crippen molar-refractivity contribution in [3.05, 3.63) is 0 Å². The Kier molecular flexibility index (Phi) is 3.53. The fourth-order valence-electron chi connectivity index (χ4n) is 4.39. The van der Waals surface area contributed by atoms with E-state index in [1.54, 1.807) is 0 Å². The lowest BCUT2D eigenvalue weighted by Gasteiger charge is -2.32. The maximum atomic E-state index is 9.96. The molecule has 1 saturated heterocycles. The highest BCUT2D eigenvalue weighted by atomic mass is 79.9. The van der Waals surface area contributed by atoms with E-state index in [1.807, 2.05) is 0 Å². The first-order valence-corrected chi connectivity index (χ1v) is 8.31. The van der Waals surface area contributed by atoms with Crippen molar-refractivity contribution in [2.75, 3.05) is 25.0 Å². The van der Waals surface area contributed by atoms with Crippen LogP contribution in [0.25, 0.3) is 0 Å². The summed E-state index contributed by atoms with van der Waals surface area (Å²) >= 11 is 3.74. The molecule has 3 atom stereocenters. The fourth-order valence-corrected chi connectivity index (χ4v) is 5.13. The molecule has 3 rings (SSSR count). The van der Waals surface area contributed by atoms with Crippen molar-refractivity contribution in [1.29, 1.82) is 0 Å². The van der Waals surface area contributed by atoms with E-state index in [4.69, 9.17) is 0 Å². The zero-order chi connectivity index (χ0) is 11.9. The highest BCUT2D eigenvalue weighted by Crippen LogP contribution is 2.44. The predicted octanol–water partition coefficient (Wildman–Crippen LogP) is 2.64. The van der Waals surface area contributed by atoms with Crippen molar-refractivity contribution in [2.45, 2.75) is 44.6 Å². The third-order valence-electron chi connectivity index (χ3n) is 5.40. The van der Waals surface area contributed by atoms with Gasteiger partial charge in [-0.25, -0.2) is 0 Å². The number of alkyl halides is 1. The van der Waals surface area contributed by atoms with Gasteiger partial charge in [0.05, 0.1) is 6.10 Å². The second-order valence-electron chi connectivity index (χ2n) is 6.60. The van der Waals surface area contributed by atoms with Crippen LogP contribution in [0.4, 0.5) is 0 Å². The summed E-state index contributed by atoms with van der Waals surface area (Å²) < 4.78 is 0. The molecular formula is C14H24BrNO. The van der Waals surface area contributed by atoms with Crippen LogP contribution < -0.4 is 0 Å². The van der Waals surface area contributed by atoms with Crippen molar-refractivity contribution in [3.63, 3.8) is 0 Å². The van der Waals surface area contributed by atoms with E-state index < -0.39 is 0 Å². The first kappa shape index (κ1) is 12.4. The Hall–Kier alpha value is 0.400. The molecule has 2 nitrogen and oxygen atoms in total. The standard InChI is InChI=1S/C14H24BrNO/c15-9-14(5-1-2-6-14)10-16-7-11-3-4-13(17)12(11)8-16/h11-13,17H,1-10H2. The molecule has 0 aromatic heterocycles. The van der Waals surface area contributed by atoms with E-state index in [1.165, 1.54) is 45.2 Å². The van der Waals surface area contributed by atoms with E-state index >= 15 is 0 Å². The zero-order valence-electron chi connectivity index (χ0n) is 10.6. The lowest BCUT2D eigenvalue weighted by atomic mass is 9.88. The Morgan fingerprint density at radius 1 is 1.18 bits per heavy atom. The van der Waals surface area contributed by atoms with Gasteiger partial charge < -0.3 is 10.0 Å². The lowest BCUT2D eigenvalue weighted by molar-refractivity contribution is 0.116. The number of halogens is 1. The molecule has 3 unspecified atom stereocenters. The lowest BCUT2D eigenvalue weighted by Crippen LogP contribution is -2.37. The summed E-state index contributed by atoms with van der Waals surface area (Å²) in [6, 6.07) is 0. The van der Waals surface area contributed by atoms with Gasteiger partial charge in [-0.2, -0.15) is 0 Å². The number of likely N-dealkylation sites (tertiary alicyclic amines) is 1. The summed E-state index contributed by atoms with van der Waals surface area (Å²) in [5, 5.41) is 11.1. The van der Waals surface area contributed by atoms with E-state index in [-0.39, 0.29) is 6.10 Å². The molecule has 0 bridgehead atoms. The van der Waals surface area contributed by atoms with Gasteiger partial charge in [-0.1, -0.05) is 28.8 Å². The number of fused-ring (bicyclic) bond motifs is 1. The summed E-state index contributed by atoms with van der Waals surface area (Å²) in [6.45, 7) is 3.66. The van der Waals surface area contributed by atoms with Gasteiger partial charge in [0, 0.05) is 30.9 Å². The highest BCUT2D eigenvalue weighted by molar-refractivity contribution is 9.09. The smallest absolute Gasteiger partial charge is 0.0583 e. The Morgan fingerprint density at radius 3 is 2.59 bits per heavy atom. The van der Waals surface area contributed by atoms with Crippen molar-refractivity contribution < 1.29 is 5.11 Å². The van der Waals surface area contributed by atoms with Crippen molar-refractivity contribution >= 4 is 15.9 Å². The van der Waals surface area contributed by atoms with Crippen molar-refractivity contribution in [2.24, 2.45) is 17.3 Å². The van der Waals surface area contributed by atoms with Crippen LogP contribution in [-0.4, -0.2) is 41.1 Å². The minimum Gasteiger partial charge on any atom is -0.393 e. The fraction of sp³-hybridized carbons (Fsp3) is 1.00. The van der Waals surface area contributed by atoms with Crippen LogP contribution in [0.15, 0.2) is 0 Å². The maximum absolute atomic E-state index is 9.96. The molecule has 0 aromatic rings. The average Bonchev–Trinajstić information content (AvgIpc) is 2.99. The van der Waals surface area contributed by atoms with Crippen molar-refractivity contribution in [1.82, 2.24) is 4.90 Å². The minimum atomic E-state index is -0.00602. The molecule has 2 saturated carbocycles. The van der Waals surface area contributed by atoms with Gasteiger partial charge in [0.15, 0.2) is 0 Å². The number of hydrogen-bond acceptors (Lipinski definition) is 2. The van der Waals surface area contributed by atoms with E-state index in [2.05, 4.69) is 20.8 Å². The third kappa shape index (κ3) is 2.31. The maximum Gasteiger partial charge on any atom is 0.0583 e. The SMILES string of the molecule is OC1CCC2CN(CC3(CBr)CCCC3)CC12. The molecule has 0 spiro atoms. The molecule has 98 valence electrons. The number of rotatable bonds is 3. The molecule has 2 aliphatic carbocycles. The Balaban J connectivity index is 1.60.